The first-order chi connectivity index (χ1) is 9.63. The molecular weight excluding hydrogens is 260 g/mol. The molecule has 2 atom stereocenters. The second kappa shape index (κ2) is 5.01. The van der Waals surface area contributed by atoms with Gasteiger partial charge in [-0.05, 0) is 19.3 Å². The lowest BCUT2D eigenvalue weighted by molar-refractivity contribution is -0.384. The Balaban J connectivity index is 1.86. The fraction of sp³-hybridized carbons (Fsp3) is 0.385. The van der Waals surface area contributed by atoms with Crippen molar-refractivity contribution in [3.63, 3.8) is 0 Å². The lowest BCUT2D eigenvalue weighted by Gasteiger charge is -2.01. The summed E-state index contributed by atoms with van der Waals surface area (Å²) in [6.45, 7) is 0. The van der Waals surface area contributed by atoms with Crippen LogP contribution in [0.4, 0.5) is 5.69 Å². The van der Waals surface area contributed by atoms with E-state index in [9.17, 15) is 10.1 Å². The summed E-state index contributed by atoms with van der Waals surface area (Å²) < 4.78 is 5.27. The maximum atomic E-state index is 10.8. The van der Waals surface area contributed by atoms with Crippen LogP contribution in [0.5, 0.6) is 0 Å². The van der Waals surface area contributed by atoms with Crippen molar-refractivity contribution in [1.82, 2.24) is 10.1 Å². The summed E-state index contributed by atoms with van der Waals surface area (Å²) in [5.74, 6) is 1.15. The molecule has 0 amide bonds. The monoisotopic (exact) mass is 274 g/mol. The van der Waals surface area contributed by atoms with Crippen LogP contribution in [0.3, 0.4) is 0 Å². The molecule has 0 unspecified atom stereocenters. The first-order valence-corrected chi connectivity index (χ1v) is 6.47. The van der Waals surface area contributed by atoms with E-state index in [-0.39, 0.29) is 17.6 Å². The first kappa shape index (κ1) is 12.7. The van der Waals surface area contributed by atoms with Crippen molar-refractivity contribution in [3.8, 4) is 11.4 Å². The Bertz CT molecular complexity index is 640. The fourth-order valence-corrected chi connectivity index (χ4v) is 2.52. The van der Waals surface area contributed by atoms with E-state index in [1.807, 2.05) is 0 Å². The summed E-state index contributed by atoms with van der Waals surface area (Å²) in [7, 11) is 0. The van der Waals surface area contributed by atoms with Crippen LogP contribution in [0.15, 0.2) is 28.8 Å². The first-order valence-electron chi connectivity index (χ1n) is 6.47. The summed E-state index contributed by atoms with van der Waals surface area (Å²) >= 11 is 0. The van der Waals surface area contributed by atoms with E-state index in [1.54, 1.807) is 12.1 Å². The molecule has 0 saturated heterocycles. The van der Waals surface area contributed by atoms with E-state index < -0.39 is 4.92 Å². The van der Waals surface area contributed by atoms with Gasteiger partial charge in [-0.15, -0.1) is 0 Å². The Kier molecular flexibility index (Phi) is 3.19. The third-order valence-corrected chi connectivity index (χ3v) is 3.58. The molecule has 7 nitrogen and oxygen atoms in total. The van der Waals surface area contributed by atoms with Crippen molar-refractivity contribution in [2.45, 2.75) is 31.2 Å². The molecular formula is C13H14N4O3. The van der Waals surface area contributed by atoms with Gasteiger partial charge < -0.3 is 10.3 Å². The molecule has 0 radical (unpaired) electrons. The number of nitro groups is 1. The SMILES string of the molecule is N[C@H]1CC[C@@H](c2nc(-c3cccc([N+](=O)[O-])c3)no2)C1. The van der Waals surface area contributed by atoms with Crippen LogP contribution < -0.4 is 5.73 Å². The Labute approximate surface area is 114 Å². The lowest BCUT2D eigenvalue weighted by Crippen LogP contribution is -2.14. The Morgan fingerprint density at radius 3 is 2.95 bits per heavy atom. The highest BCUT2D eigenvalue weighted by molar-refractivity contribution is 5.58. The number of benzene rings is 1. The smallest absolute Gasteiger partial charge is 0.270 e. The molecule has 3 rings (SSSR count). The fourth-order valence-electron chi connectivity index (χ4n) is 2.52. The zero-order chi connectivity index (χ0) is 14.1. The zero-order valence-corrected chi connectivity index (χ0v) is 10.7. The molecule has 1 aliphatic carbocycles. The maximum absolute atomic E-state index is 10.8. The quantitative estimate of drug-likeness (QED) is 0.679. The topological polar surface area (TPSA) is 108 Å². The standard InChI is InChI=1S/C13H14N4O3/c14-10-5-4-9(6-10)13-15-12(16-20-13)8-2-1-3-11(7-8)17(18)19/h1-3,7,9-10H,4-6,14H2/t9-,10+/m1/s1. The largest absolute Gasteiger partial charge is 0.339 e. The van der Waals surface area contributed by atoms with Gasteiger partial charge in [0, 0.05) is 29.7 Å². The van der Waals surface area contributed by atoms with E-state index >= 15 is 0 Å². The molecule has 104 valence electrons. The molecule has 1 fully saturated rings. The number of hydrogen-bond donors (Lipinski definition) is 1. The molecule has 0 bridgehead atoms. The predicted octanol–water partition coefficient (Wildman–Crippen LogP) is 2.24. The summed E-state index contributed by atoms with van der Waals surface area (Å²) in [4.78, 5) is 14.7. The molecule has 2 aromatic rings. The van der Waals surface area contributed by atoms with Crippen LogP contribution in [0.1, 0.15) is 31.1 Å². The molecule has 1 aromatic carbocycles. The van der Waals surface area contributed by atoms with Gasteiger partial charge in [-0.25, -0.2) is 0 Å². The van der Waals surface area contributed by atoms with Gasteiger partial charge in [0.15, 0.2) is 0 Å². The van der Waals surface area contributed by atoms with Gasteiger partial charge >= 0.3 is 0 Å². The van der Waals surface area contributed by atoms with Crippen LogP contribution in [-0.2, 0) is 0 Å². The van der Waals surface area contributed by atoms with Crippen molar-refractivity contribution in [2.24, 2.45) is 5.73 Å². The number of nitrogens with zero attached hydrogens (tertiary/aromatic N) is 3. The Morgan fingerprint density at radius 1 is 1.40 bits per heavy atom. The van der Waals surface area contributed by atoms with E-state index in [0.717, 1.165) is 19.3 Å². The maximum Gasteiger partial charge on any atom is 0.270 e. The second-order valence-electron chi connectivity index (χ2n) is 5.03. The molecule has 0 spiro atoms. The normalized spacial score (nSPS) is 22.1. The van der Waals surface area contributed by atoms with Gasteiger partial charge in [-0.3, -0.25) is 10.1 Å². The molecule has 1 aliphatic rings. The molecule has 1 aromatic heterocycles. The zero-order valence-electron chi connectivity index (χ0n) is 10.7. The van der Waals surface area contributed by atoms with Gasteiger partial charge in [0.2, 0.25) is 11.7 Å². The number of non-ortho nitro benzene ring substituents is 1. The van der Waals surface area contributed by atoms with E-state index in [4.69, 9.17) is 10.3 Å². The van der Waals surface area contributed by atoms with Gasteiger partial charge in [0.1, 0.15) is 0 Å². The molecule has 2 N–H and O–H groups in total. The van der Waals surface area contributed by atoms with Crippen LogP contribution >= 0.6 is 0 Å². The van der Waals surface area contributed by atoms with Crippen LogP contribution in [0, 0.1) is 10.1 Å². The van der Waals surface area contributed by atoms with Crippen molar-refractivity contribution >= 4 is 5.69 Å². The lowest BCUT2D eigenvalue weighted by atomic mass is 10.1. The number of hydrogen-bond acceptors (Lipinski definition) is 6. The van der Waals surface area contributed by atoms with Crippen LogP contribution in [0.25, 0.3) is 11.4 Å². The van der Waals surface area contributed by atoms with Gasteiger partial charge in [0.25, 0.3) is 5.69 Å². The third-order valence-electron chi connectivity index (χ3n) is 3.58. The third kappa shape index (κ3) is 2.39. The van der Waals surface area contributed by atoms with Crippen LogP contribution in [0.2, 0.25) is 0 Å². The van der Waals surface area contributed by atoms with Crippen molar-refractivity contribution in [3.05, 3.63) is 40.3 Å². The average Bonchev–Trinajstić information content (AvgIpc) is 3.07. The highest BCUT2D eigenvalue weighted by Gasteiger charge is 2.28. The minimum atomic E-state index is -0.444. The minimum absolute atomic E-state index is 0.0109. The molecule has 0 aliphatic heterocycles. The number of nitrogens with two attached hydrogens (primary N) is 1. The number of rotatable bonds is 3. The molecule has 1 saturated carbocycles. The van der Waals surface area contributed by atoms with Crippen molar-refractivity contribution < 1.29 is 9.45 Å². The predicted molar refractivity (Wildman–Crippen MR) is 71.0 cm³/mol. The molecule has 1 heterocycles. The van der Waals surface area contributed by atoms with E-state index in [2.05, 4.69) is 10.1 Å². The number of aromatic nitrogens is 2. The van der Waals surface area contributed by atoms with E-state index in [0.29, 0.717) is 17.3 Å². The highest BCUT2D eigenvalue weighted by atomic mass is 16.6. The van der Waals surface area contributed by atoms with Crippen molar-refractivity contribution in [2.75, 3.05) is 0 Å². The van der Waals surface area contributed by atoms with E-state index in [1.165, 1.54) is 12.1 Å². The second-order valence-corrected chi connectivity index (χ2v) is 5.03. The summed E-state index contributed by atoms with van der Waals surface area (Å²) in [5, 5.41) is 14.7. The molecule has 7 heteroatoms. The summed E-state index contributed by atoms with van der Waals surface area (Å²) in [5.41, 5.74) is 6.46. The summed E-state index contributed by atoms with van der Waals surface area (Å²) in [6.07, 6.45) is 2.74. The van der Waals surface area contributed by atoms with Crippen LogP contribution in [-0.4, -0.2) is 21.1 Å². The van der Waals surface area contributed by atoms with Gasteiger partial charge in [-0.1, -0.05) is 17.3 Å². The van der Waals surface area contributed by atoms with Gasteiger partial charge in [-0.2, -0.15) is 4.98 Å². The van der Waals surface area contributed by atoms with Crippen molar-refractivity contribution in [1.29, 1.82) is 0 Å². The van der Waals surface area contributed by atoms with Gasteiger partial charge in [0.05, 0.1) is 4.92 Å². The molecule has 20 heavy (non-hydrogen) atoms. The Hall–Kier alpha value is -2.28. The highest BCUT2D eigenvalue weighted by Crippen LogP contribution is 2.33. The minimum Gasteiger partial charge on any atom is -0.339 e. The Morgan fingerprint density at radius 2 is 2.25 bits per heavy atom. The number of nitro benzene ring substituents is 1. The average molecular weight is 274 g/mol. The summed E-state index contributed by atoms with van der Waals surface area (Å²) in [6, 6.07) is 6.39.